The maximum atomic E-state index is 13.1. The highest BCUT2D eigenvalue weighted by atomic mass is 19.1. The van der Waals surface area contributed by atoms with E-state index >= 15 is 0 Å². The molecule has 0 spiro atoms. The van der Waals surface area contributed by atoms with Gasteiger partial charge in [0.05, 0.1) is 18.0 Å². The number of hydrogen-bond acceptors (Lipinski definition) is 3. The van der Waals surface area contributed by atoms with E-state index in [-0.39, 0.29) is 12.4 Å². The lowest BCUT2D eigenvalue weighted by molar-refractivity contribution is 0.276. The number of hydrogen-bond donors (Lipinski definition) is 1. The Morgan fingerprint density at radius 3 is 2.39 bits per heavy atom. The fourth-order valence-corrected chi connectivity index (χ4v) is 2.23. The standard InChI is InChI=1S/C18H16FN3O/c1-13-2-4-14(5-3-13)6-11-18-17(12-23)20-21-22(18)16-9-7-15(19)8-10-16/h2-11,23H,12H2,1H3/b11-6+. The molecular formula is C18H16FN3O. The second-order valence-corrected chi connectivity index (χ2v) is 5.21. The Labute approximate surface area is 133 Å². The van der Waals surface area contributed by atoms with Crippen LogP contribution >= 0.6 is 0 Å². The molecule has 0 aliphatic carbocycles. The zero-order valence-electron chi connectivity index (χ0n) is 12.6. The maximum Gasteiger partial charge on any atom is 0.123 e. The Bertz CT molecular complexity index is 820. The van der Waals surface area contributed by atoms with Crippen molar-refractivity contribution in [3.63, 3.8) is 0 Å². The van der Waals surface area contributed by atoms with Crippen molar-refractivity contribution in [1.29, 1.82) is 0 Å². The summed E-state index contributed by atoms with van der Waals surface area (Å²) >= 11 is 0. The Kier molecular flexibility index (Phi) is 4.30. The van der Waals surface area contributed by atoms with Gasteiger partial charge in [-0.2, -0.15) is 0 Å². The molecule has 4 nitrogen and oxygen atoms in total. The summed E-state index contributed by atoms with van der Waals surface area (Å²) in [7, 11) is 0. The van der Waals surface area contributed by atoms with Gasteiger partial charge in [-0.15, -0.1) is 5.10 Å². The molecule has 0 unspecified atom stereocenters. The summed E-state index contributed by atoms with van der Waals surface area (Å²) in [6.45, 7) is 1.82. The van der Waals surface area contributed by atoms with E-state index in [4.69, 9.17) is 0 Å². The molecule has 0 aliphatic heterocycles. The van der Waals surface area contributed by atoms with Crippen molar-refractivity contribution < 1.29 is 9.50 Å². The van der Waals surface area contributed by atoms with E-state index in [1.54, 1.807) is 16.8 Å². The van der Waals surface area contributed by atoms with Gasteiger partial charge in [-0.3, -0.25) is 0 Å². The SMILES string of the molecule is Cc1ccc(/C=C/c2c(CO)nnn2-c2ccc(F)cc2)cc1. The largest absolute Gasteiger partial charge is 0.390 e. The Balaban J connectivity index is 1.98. The van der Waals surface area contributed by atoms with E-state index in [0.29, 0.717) is 17.1 Å². The molecule has 116 valence electrons. The minimum absolute atomic E-state index is 0.214. The highest BCUT2D eigenvalue weighted by molar-refractivity contribution is 5.69. The predicted octanol–water partition coefficient (Wildman–Crippen LogP) is 3.38. The van der Waals surface area contributed by atoms with Crippen LogP contribution in [-0.4, -0.2) is 20.1 Å². The molecule has 0 radical (unpaired) electrons. The average Bonchev–Trinajstić information content (AvgIpc) is 2.98. The first-order valence-electron chi connectivity index (χ1n) is 7.23. The van der Waals surface area contributed by atoms with Crippen LogP contribution in [-0.2, 0) is 6.61 Å². The molecular weight excluding hydrogens is 293 g/mol. The molecule has 0 atom stereocenters. The number of benzene rings is 2. The molecule has 23 heavy (non-hydrogen) atoms. The lowest BCUT2D eigenvalue weighted by Gasteiger charge is -2.04. The molecule has 3 rings (SSSR count). The third-order valence-electron chi connectivity index (χ3n) is 3.51. The summed E-state index contributed by atoms with van der Waals surface area (Å²) in [5.41, 5.74) is 4.04. The molecule has 1 heterocycles. The monoisotopic (exact) mass is 309 g/mol. The van der Waals surface area contributed by atoms with E-state index < -0.39 is 0 Å². The van der Waals surface area contributed by atoms with E-state index in [9.17, 15) is 9.50 Å². The summed E-state index contributed by atoms with van der Waals surface area (Å²) in [6, 6.07) is 14.0. The Hall–Kier alpha value is -2.79. The minimum Gasteiger partial charge on any atom is -0.390 e. The second kappa shape index (κ2) is 6.54. The van der Waals surface area contributed by atoms with Gasteiger partial charge < -0.3 is 5.11 Å². The summed E-state index contributed by atoms with van der Waals surface area (Å²) < 4.78 is 14.7. The van der Waals surface area contributed by atoms with Crippen molar-refractivity contribution in [1.82, 2.24) is 15.0 Å². The lowest BCUT2D eigenvalue weighted by Crippen LogP contribution is -2.00. The Morgan fingerprint density at radius 1 is 1.04 bits per heavy atom. The zero-order valence-corrected chi connectivity index (χ0v) is 12.6. The number of aliphatic hydroxyl groups is 1. The first kappa shape index (κ1) is 15.1. The van der Waals surface area contributed by atoms with Crippen molar-refractivity contribution in [2.75, 3.05) is 0 Å². The molecule has 5 heteroatoms. The molecule has 1 aromatic heterocycles. The van der Waals surface area contributed by atoms with E-state index in [1.807, 2.05) is 43.3 Å². The molecule has 0 bridgehead atoms. The van der Waals surface area contributed by atoms with Gasteiger partial charge in [0, 0.05) is 0 Å². The van der Waals surface area contributed by atoms with Crippen molar-refractivity contribution >= 4 is 12.2 Å². The number of aliphatic hydroxyl groups excluding tert-OH is 1. The quantitative estimate of drug-likeness (QED) is 0.804. The van der Waals surface area contributed by atoms with Gasteiger partial charge in [0.1, 0.15) is 11.5 Å². The van der Waals surface area contributed by atoms with Crippen molar-refractivity contribution in [2.45, 2.75) is 13.5 Å². The van der Waals surface area contributed by atoms with Crippen LogP contribution in [0.25, 0.3) is 17.8 Å². The van der Waals surface area contributed by atoms with Crippen LogP contribution < -0.4 is 0 Å². The minimum atomic E-state index is -0.312. The first-order chi connectivity index (χ1) is 11.2. The summed E-state index contributed by atoms with van der Waals surface area (Å²) in [5, 5.41) is 17.5. The maximum absolute atomic E-state index is 13.1. The number of aryl methyl sites for hydroxylation is 1. The molecule has 0 amide bonds. The van der Waals surface area contributed by atoms with Gasteiger partial charge in [0.15, 0.2) is 0 Å². The van der Waals surface area contributed by atoms with Crippen LogP contribution in [0.5, 0.6) is 0 Å². The average molecular weight is 309 g/mol. The van der Waals surface area contributed by atoms with Crippen molar-refractivity contribution in [3.05, 3.63) is 76.9 Å². The number of halogens is 1. The third-order valence-corrected chi connectivity index (χ3v) is 3.51. The topological polar surface area (TPSA) is 50.9 Å². The van der Waals surface area contributed by atoms with Crippen LogP contribution in [0.1, 0.15) is 22.5 Å². The van der Waals surface area contributed by atoms with Gasteiger partial charge in [-0.1, -0.05) is 41.1 Å². The smallest absolute Gasteiger partial charge is 0.123 e. The van der Waals surface area contributed by atoms with Crippen LogP contribution in [0.2, 0.25) is 0 Å². The summed E-state index contributed by atoms with van der Waals surface area (Å²) in [6.07, 6.45) is 3.77. The molecule has 0 aliphatic rings. The molecule has 0 saturated carbocycles. The predicted molar refractivity (Wildman–Crippen MR) is 87.3 cm³/mol. The number of aromatic nitrogens is 3. The van der Waals surface area contributed by atoms with Gasteiger partial charge >= 0.3 is 0 Å². The van der Waals surface area contributed by atoms with E-state index in [0.717, 1.165) is 5.56 Å². The summed E-state index contributed by atoms with van der Waals surface area (Å²) in [4.78, 5) is 0. The van der Waals surface area contributed by atoms with E-state index in [2.05, 4.69) is 10.3 Å². The first-order valence-corrected chi connectivity index (χ1v) is 7.23. The fourth-order valence-electron chi connectivity index (χ4n) is 2.23. The van der Waals surface area contributed by atoms with Gasteiger partial charge in [0.2, 0.25) is 0 Å². The van der Waals surface area contributed by atoms with Crippen molar-refractivity contribution in [2.24, 2.45) is 0 Å². The molecule has 0 fully saturated rings. The number of nitrogens with zero attached hydrogens (tertiary/aromatic N) is 3. The zero-order chi connectivity index (χ0) is 16.2. The van der Waals surface area contributed by atoms with Crippen LogP contribution in [0, 0.1) is 12.7 Å². The van der Waals surface area contributed by atoms with Crippen LogP contribution in [0.3, 0.4) is 0 Å². The lowest BCUT2D eigenvalue weighted by atomic mass is 10.1. The third kappa shape index (κ3) is 3.35. The van der Waals surface area contributed by atoms with Crippen molar-refractivity contribution in [3.8, 4) is 5.69 Å². The Morgan fingerprint density at radius 2 is 1.74 bits per heavy atom. The van der Waals surface area contributed by atoms with Gasteiger partial charge in [0.25, 0.3) is 0 Å². The second-order valence-electron chi connectivity index (χ2n) is 5.21. The van der Waals surface area contributed by atoms with Crippen LogP contribution in [0.4, 0.5) is 4.39 Å². The van der Waals surface area contributed by atoms with E-state index in [1.165, 1.54) is 17.7 Å². The van der Waals surface area contributed by atoms with Gasteiger partial charge in [-0.05, 0) is 42.8 Å². The van der Waals surface area contributed by atoms with Crippen LogP contribution in [0.15, 0.2) is 48.5 Å². The number of rotatable bonds is 4. The molecule has 1 N–H and O–H groups in total. The molecule has 3 aromatic rings. The highest BCUT2D eigenvalue weighted by Crippen LogP contribution is 2.17. The fraction of sp³-hybridized carbons (Fsp3) is 0.111. The summed E-state index contributed by atoms with van der Waals surface area (Å²) in [5.74, 6) is -0.312. The normalized spacial score (nSPS) is 11.3. The van der Waals surface area contributed by atoms with Gasteiger partial charge in [-0.25, -0.2) is 9.07 Å². The highest BCUT2D eigenvalue weighted by Gasteiger charge is 2.11. The molecule has 2 aromatic carbocycles. The molecule has 0 saturated heterocycles.